The van der Waals surface area contributed by atoms with E-state index in [0.29, 0.717) is 10.7 Å². The van der Waals surface area contributed by atoms with Crippen molar-refractivity contribution in [2.75, 3.05) is 24.0 Å². The molecule has 3 aromatic carbocycles. The monoisotopic (exact) mass is 492 g/mol. The summed E-state index contributed by atoms with van der Waals surface area (Å²) < 4.78 is 2.01. The number of hydrazone groups is 1. The summed E-state index contributed by atoms with van der Waals surface area (Å²) in [5.74, 6) is -0.227. The summed E-state index contributed by atoms with van der Waals surface area (Å²) in [4.78, 5) is 20.1. The molecule has 4 aromatic rings. The van der Waals surface area contributed by atoms with Crippen molar-refractivity contribution in [1.29, 1.82) is 0 Å². The van der Waals surface area contributed by atoms with Crippen LogP contribution in [0.3, 0.4) is 0 Å². The first-order valence-electron chi connectivity index (χ1n) is 9.69. The number of hydrogen-bond acceptors (Lipinski definition) is 5. The molecular formula is C24H21BrN4OS. The molecule has 0 unspecified atom stereocenters. The smallest absolute Gasteiger partial charge is 0.280 e. The van der Waals surface area contributed by atoms with Crippen LogP contribution < -0.4 is 9.91 Å². The molecule has 0 aliphatic carbocycles. The second-order valence-corrected chi connectivity index (χ2v) is 9.25. The highest BCUT2D eigenvalue weighted by Gasteiger charge is 2.21. The van der Waals surface area contributed by atoms with Gasteiger partial charge in [-0.05, 0) is 66.6 Å². The van der Waals surface area contributed by atoms with Crippen molar-refractivity contribution in [3.05, 3.63) is 87.9 Å². The Hall–Kier alpha value is -3.03. The zero-order valence-corrected chi connectivity index (χ0v) is 19.8. The fraction of sp³-hybridized carbons (Fsp3) is 0.125. The van der Waals surface area contributed by atoms with Gasteiger partial charge in [-0.15, -0.1) is 0 Å². The predicted octanol–water partition coefficient (Wildman–Crippen LogP) is 6.11. The topological polar surface area (TPSA) is 48.8 Å². The van der Waals surface area contributed by atoms with Crippen LogP contribution in [0.1, 0.15) is 21.5 Å². The molecule has 0 bridgehead atoms. The third-order valence-corrected chi connectivity index (χ3v) is 6.25. The van der Waals surface area contributed by atoms with Gasteiger partial charge in [0.25, 0.3) is 5.91 Å². The summed E-state index contributed by atoms with van der Waals surface area (Å²) in [5, 5.41) is 6.45. The van der Waals surface area contributed by atoms with E-state index in [0.717, 1.165) is 31.5 Å². The van der Waals surface area contributed by atoms with E-state index in [-0.39, 0.29) is 5.91 Å². The van der Waals surface area contributed by atoms with Gasteiger partial charge in [0.15, 0.2) is 0 Å². The van der Waals surface area contributed by atoms with E-state index in [2.05, 4.69) is 32.1 Å². The van der Waals surface area contributed by atoms with Crippen molar-refractivity contribution in [3.8, 4) is 0 Å². The van der Waals surface area contributed by atoms with Gasteiger partial charge in [-0.1, -0.05) is 45.5 Å². The quantitative estimate of drug-likeness (QED) is 0.249. The van der Waals surface area contributed by atoms with Crippen LogP contribution in [-0.2, 0) is 0 Å². The summed E-state index contributed by atoms with van der Waals surface area (Å²) in [5.41, 5.74) is 4.47. The Bertz CT molecular complexity index is 1250. The first-order chi connectivity index (χ1) is 14.9. The van der Waals surface area contributed by atoms with Gasteiger partial charge < -0.3 is 4.90 Å². The highest BCUT2D eigenvalue weighted by atomic mass is 79.9. The van der Waals surface area contributed by atoms with Crippen LogP contribution >= 0.6 is 27.3 Å². The molecule has 7 heteroatoms. The maximum absolute atomic E-state index is 13.4. The van der Waals surface area contributed by atoms with Crippen LogP contribution in [0.15, 0.2) is 76.3 Å². The van der Waals surface area contributed by atoms with E-state index >= 15 is 0 Å². The number of carbonyl (C=O) groups excluding carboxylic acids is 1. The van der Waals surface area contributed by atoms with Gasteiger partial charge in [-0.2, -0.15) is 10.1 Å². The van der Waals surface area contributed by atoms with Crippen molar-refractivity contribution in [3.63, 3.8) is 0 Å². The lowest BCUT2D eigenvalue weighted by molar-refractivity contribution is 0.0988. The van der Waals surface area contributed by atoms with E-state index in [1.54, 1.807) is 6.21 Å². The molecule has 5 nitrogen and oxygen atoms in total. The van der Waals surface area contributed by atoms with Gasteiger partial charge in [0.05, 0.1) is 16.4 Å². The fourth-order valence-electron chi connectivity index (χ4n) is 3.00. The zero-order valence-electron chi connectivity index (χ0n) is 17.4. The normalized spacial score (nSPS) is 11.2. The third-order valence-electron chi connectivity index (χ3n) is 4.73. The predicted molar refractivity (Wildman–Crippen MR) is 134 cm³/mol. The van der Waals surface area contributed by atoms with Crippen LogP contribution in [0.5, 0.6) is 0 Å². The molecule has 0 radical (unpaired) electrons. The van der Waals surface area contributed by atoms with Gasteiger partial charge in [-0.25, -0.2) is 4.98 Å². The lowest BCUT2D eigenvalue weighted by Gasteiger charge is -2.16. The first kappa shape index (κ1) is 21.2. The van der Waals surface area contributed by atoms with Gasteiger partial charge in [0, 0.05) is 29.8 Å². The number of amides is 1. The molecule has 0 atom stereocenters. The average molecular weight is 493 g/mol. The second kappa shape index (κ2) is 8.99. The average Bonchev–Trinajstić information content (AvgIpc) is 3.17. The maximum atomic E-state index is 13.4. The second-order valence-electron chi connectivity index (χ2n) is 7.32. The Morgan fingerprint density at radius 1 is 1.03 bits per heavy atom. The minimum absolute atomic E-state index is 0.227. The highest BCUT2D eigenvalue weighted by molar-refractivity contribution is 9.10. The molecule has 0 fully saturated rings. The summed E-state index contributed by atoms with van der Waals surface area (Å²) in [6, 6.07) is 21.3. The Morgan fingerprint density at radius 2 is 1.74 bits per heavy atom. The van der Waals surface area contributed by atoms with Crippen molar-refractivity contribution < 1.29 is 4.79 Å². The van der Waals surface area contributed by atoms with Crippen LogP contribution in [0.25, 0.3) is 10.2 Å². The molecule has 0 N–H and O–H groups in total. The molecule has 31 heavy (non-hydrogen) atoms. The van der Waals surface area contributed by atoms with E-state index in [4.69, 9.17) is 0 Å². The molecule has 0 aliphatic rings. The molecule has 1 aromatic heterocycles. The Balaban J connectivity index is 1.73. The van der Waals surface area contributed by atoms with Crippen molar-refractivity contribution >= 4 is 60.4 Å². The minimum Gasteiger partial charge on any atom is -0.378 e. The number of carbonyl (C=O) groups is 1. The molecular weight excluding hydrogens is 472 g/mol. The van der Waals surface area contributed by atoms with Crippen LogP contribution in [-0.4, -0.2) is 31.2 Å². The number of thiazole rings is 1. The number of fused-ring (bicyclic) bond motifs is 1. The Labute approximate surface area is 193 Å². The Kier molecular flexibility index (Phi) is 6.15. The number of hydrogen-bond donors (Lipinski definition) is 0. The Morgan fingerprint density at radius 3 is 2.42 bits per heavy atom. The van der Waals surface area contributed by atoms with E-state index in [1.807, 2.05) is 86.6 Å². The third kappa shape index (κ3) is 4.84. The fourth-order valence-corrected chi connectivity index (χ4v) is 4.28. The molecule has 4 rings (SSSR count). The lowest BCUT2D eigenvalue weighted by atomic mass is 10.2. The van der Waals surface area contributed by atoms with Crippen molar-refractivity contribution in [2.24, 2.45) is 5.10 Å². The largest absolute Gasteiger partial charge is 0.378 e. The summed E-state index contributed by atoms with van der Waals surface area (Å²) in [6.45, 7) is 2.04. The van der Waals surface area contributed by atoms with E-state index in [9.17, 15) is 4.79 Å². The number of nitrogens with zero attached hydrogens (tertiary/aromatic N) is 4. The highest BCUT2D eigenvalue weighted by Crippen LogP contribution is 2.31. The number of halogens is 1. The summed E-state index contributed by atoms with van der Waals surface area (Å²) >= 11 is 4.89. The van der Waals surface area contributed by atoms with E-state index in [1.165, 1.54) is 16.3 Å². The number of rotatable bonds is 5. The molecule has 0 saturated carbocycles. The molecule has 0 aliphatic heterocycles. The number of anilines is 2. The zero-order chi connectivity index (χ0) is 22.0. The molecule has 0 saturated heterocycles. The SMILES string of the molecule is Cc1ccc2nc(N(/N=C/c3ccc(Br)cc3)C(=O)c3ccc(N(C)C)cc3)sc2c1. The minimum atomic E-state index is -0.227. The summed E-state index contributed by atoms with van der Waals surface area (Å²) in [6.07, 6.45) is 1.68. The van der Waals surface area contributed by atoms with Gasteiger partial charge in [-0.3, -0.25) is 4.79 Å². The molecule has 1 amide bonds. The molecule has 156 valence electrons. The van der Waals surface area contributed by atoms with Gasteiger partial charge >= 0.3 is 0 Å². The molecule has 1 heterocycles. The van der Waals surface area contributed by atoms with E-state index < -0.39 is 0 Å². The number of benzene rings is 3. The number of aryl methyl sites for hydroxylation is 1. The van der Waals surface area contributed by atoms with Crippen molar-refractivity contribution in [1.82, 2.24) is 4.98 Å². The molecule has 0 spiro atoms. The van der Waals surface area contributed by atoms with Crippen molar-refractivity contribution in [2.45, 2.75) is 6.92 Å². The van der Waals surface area contributed by atoms with Gasteiger partial charge in [0.2, 0.25) is 5.13 Å². The first-order valence-corrected chi connectivity index (χ1v) is 11.3. The van der Waals surface area contributed by atoms with Crippen LogP contribution in [0, 0.1) is 6.92 Å². The maximum Gasteiger partial charge on any atom is 0.280 e. The van der Waals surface area contributed by atoms with Gasteiger partial charge in [0.1, 0.15) is 0 Å². The summed E-state index contributed by atoms with van der Waals surface area (Å²) in [7, 11) is 3.93. The lowest BCUT2D eigenvalue weighted by Crippen LogP contribution is -2.25. The standard InChI is InChI=1S/C24H21BrN4OS/c1-16-4-13-21-22(14-16)31-24(27-21)29(26-15-17-5-9-19(25)10-6-17)23(30)18-7-11-20(12-8-18)28(2)3/h4-15H,1-3H3/b26-15+. The van der Waals surface area contributed by atoms with Crippen LogP contribution in [0.2, 0.25) is 0 Å². The van der Waals surface area contributed by atoms with Crippen LogP contribution in [0.4, 0.5) is 10.8 Å². The number of aromatic nitrogens is 1.